The Balaban J connectivity index is 2.06. The molecule has 0 radical (unpaired) electrons. The molecule has 0 spiro atoms. The third kappa shape index (κ3) is 3.53. The number of nitrogens with zero attached hydrogens (tertiary/aromatic N) is 2. The Bertz CT molecular complexity index is 356. The van der Waals surface area contributed by atoms with Crippen LogP contribution in [0, 0.1) is 5.41 Å². The van der Waals surface area contributed by atoms with Crippen molar-refractivity contribution in [1.29, 1.82) is 0 Å². The largest absolute Gasteiger partial charge is 0.312 e. The minimum atomic E-state index is 0.315. The van der Waals surface area contributed by atoms with Gasteiger partial charge in [0.25, 0.3) is 0 Å². The first-order chi connectivity index (χ1) is 8.47. The molecule has 1 fully saturated rings. The summed E-state index contributed by atoms with van der Waals surface area (Å²) in [5.74, 6) is 0. The molecule has 18 heavy (non-hydrogen) atoms. The summed E-state index contributed by atoms with van der Waals surface area (Å²) >= 11 is 1.76. The molecule has 2 rings (SSSR count). The van der Waals surface area contributed by atoms with Crippen molar-refractivity contribution >= 4 is 11.3 Å². The molecule has 2 heterocycles. The average Bonchev–Trinajstić information content (AvgIpc) is 2.70. The Labute approximate surface area is 115 Å². The Morgan fingerprint density at radius 3 is 2.89 bits per heavy atom. The minimum absolute atomic E-state index is 0.315. The lowest BCUT2D eigenvalue weighted by Gasteiger charge is -2.35. The van der Waals surface area contributed by atoms with E-state index in [0.717, 1.165) is 19.6 Å². The zero-order valence-corrected chi connectivity index (χ0v) is 12.8. The van der Waals surface area contributed by atoms with E-state index in [1.54, 1.807) is 11.3 Å². The van der Waals surface area contributed by atoms with Crippen LogP contribution in [0.15, 0.2) is 11.7 Å². The zero-order chi connectivity index (χ0) is 13.2. The van der Waals surface area contributed by atoms with Gasteiger partial charge in [-0.15, -0.1) is 11.3 Å². The molecule has 102 valence electrons. The molecule has 0 saturated carbocycles. The Morgan fingerprint density at radius 2 is 2.28 bits per heavy atom. The van der Waals surface area contributed by atoms with Gasteiger partial charge in [0.15, 0.2) is 0 Å². The zero-order valence-electron chi connectivity index (χ0n) is 11.9. The van der Waals surface area contributed by atoms with Gasteiger partial charge in [-0.3, -0.25) is 9.88 Å². The van der Waals surface area contributed by atoms with Gasteiger partial charge in [-0.25, -0.2) is 0 Å². The van der Waals surface area contributed by atoms with E-state index in [-0.39, 0.29) is 0 Å². The second kappa shape index (κ2) is 5.68. The maximum Gasteiger partial charge on any atom is 0.0794 e. The van der Waals surface area contributed by atoms with Crippen LogP contribution in [0.1, 0.15) is 39.0 Å². The van der Waals surface area contributed by atoms with Crippen molar-refractivity contribution in [2.75, 3.05) is 13.1 Å². The molecule has 0 bridgehead atoms. The van der Waals surface area contributed by atoms with E-state index in [4.69, 9.17) is 0 Å². The van der Waals surface area contributed by atoms with Gasteiger partial charge in [-0.05, 0) is 25.3 Å². The first-order valence-corrected chi connectivity index (χ1v) is 7.69. The van der Waals surface area contributed by atoms with Crippen LogP contribution in [0.4, 0.5) is 0 Å². The van der Waals surface area contributed by atoms with Gasteiger partial charge in [0.1, 0.15) is 0 Å². The summed E-state index contributed by atoms with van der Waals surface area (Å²) in [4.78, 5) is 8.15. The van der Waals surface area contributed by atoms with Gasteiger partial charge in [0.05, 0.1) is 5.51 Å². The standard InChI is InChI=1S/C14H25N3S/c1-11-5-6-16-13(14(2,3)4)9-17(11)8-12-7-15-10-18-12/h7,10-11,13,16H,5-6,8-9H2,1-4H3. The summed E-state index contributed by atoms with van der Waals surface area (Å²) in [6.45, 7) is 12.6. The van der Waals surface area contributed by atoms with E-state index in [1.807, 2.05) is 11.7 Å². The monoisotopic (exact) mass is 267 g/mol. The molecule has 0 aliphatic carbocycles. The molecule has 1 N–H and O–H groups in total. The molecule has 0 amide bonds. The fraction of sp³-hybridized carbons (Fsp3) is 0.786. The molecular formula is C14H25N3S. The molecule has 1 aromatic rings. The van der Waals surface area contributed by atoms with Crippen molar-refractivity contribution in [1.82, 2.24) is 15.2 Å². The number of rotatable bonds is 2. The van der Waals surface area contributed by atoms with Crippen LogP contribution < -0.4 is 5.32 Å². The predicted molar refractivity (Wildman–Crippen MR) is 77.8 cm³/mol. The molecule has 2 unspecified atom stereocenters. The van der Waals surface area contributed by atoms with Crippen molar-refractivity contribution < 1.29 is 0 Å². The van der Waals surface area contributed by atoms with Gasteiger partial charge in [-0.1, -0.05) is 20.8 Å². The molecule has 0 aromatic carbocycles. The van der Waals surface area contributed by atoms with Crippen LogP contribution in [-0.2, 0) is 6.54 Å². The van der Waals surface area contributed by atoms with Crippen molar-refractivity contribution in [3.8, 4) is 0 Å². The number of thiazole rings is 1. The topological polar surface area (TPSA) is 28.2 Å². The molecule has 1 aromatic heterocycles. The van der Waals surface area contributed by atoms with E-state index in [9.17, 15) is 0 Å². The third-order valence-corrected chi connectivity index (χ3v) is 4.65. The van der Waals surface area contributed by atoms with Gasteiger partial charge >= 0.3 is 0 Å². The van der Waals surface area contributed by atoms with Gasteiger partial charge in [-0.2, -0.15) is 0 Å². The van der Waals surface area contributed by atoms with Crippen LogP contribution >= 0.6 is 11.3 Å². The van der Waals surface area contributed by atoms with Crippen molar-refractivity contribution in [2.24, 2.45) is 5.41 Å². The number of aromatic nitrogens is 1. The molecule has 2 atom stereocenters. The van der Waals surface area contributed by atoms with E-state index in [0.29, 0.717) is 17.5 Å². The van der Waals surface area contributed by atoms with E-state index in [1.165, 1.54) is 11.3 Å². The third-order valence-electron chi connectivity index (χ3n) is 3.88. The molecule has 3 nitrogen and oxygen atoms in total. The summed E-state index contributed by atoms with van der Waals surface area (Å²) < 4.78 is 0. The Morgan fingerprint density at radius 1 is 1.50 bits per heavy atom. The maximum absolute atomic E-state index is 4.18. The van der Waals surface area contributed by atoms with E-state index >= 15 is 0 Å². The molecule has 1 aliphatic rings. The van der Waals surface area contributed by atoms with Crippen LogP contribution in [0.3, 0.4) is 0 Å². The second-order valence-electron chi connectivity index (χ2n) is 6.41. The number of hydrogen-bond donors (Lipinski definition) is 1. The Kier molecular flexibility index (Phi) is 4.41. The van der Waals surface area contributed by atoms with Crippen LogP contribution in [0.25, 0.3) is 0 Å². The lowest BCUT2D eigenvalue weighted by atomic mass is 9.86. The van der Waals surface area contributed by atoms with E-state index < -0.39 is 0 Å². The highest BCUT2D eigenvalue weighted by Crippen LogP contribution is 2.24. The molecule has 4 heteroatoms. The van der Waals surface area contributed by atoms with Crippen LogP contribution in [-0.4, -0.2) is 35.1 Å². The maximum atomic E-state index is 4.18. The van der Waals surface area contributed by atoms with Crippen molar-refractivity contribution in [2.45, 2.75) is 52.7 Å². The summed E-state index contributed by atoms with van der Waals surface area (Å²) in [7, 11) is 0. The highest BCUT2D eigenvalue weighted by Gasteiger charge is 2.30. The van der Waals surface area contributed by atoms with Crippen LogP contribution in [0.5, 0.6) is 0 Å². The average molecular weight is 267 g/mol. The lowest BCUT2D eigenvalue weighted by molar-refractivity contribution is 0.158. The summed E-state index contributed by atoms with van der Waals surface area (Å²) in [5.41, 5.74) is 2.24. The minimum Gasteiger partial charge on any atom is -0.312 e. The second-order valence-corrected chi connectivity index (χ2v) is 7.38. The lowest BCUT2D eigenvalue weighted by Crippen LogP contribution is -2.46. The first kappa shape index (κ1) is 14.0. The van der Waals surface area contributed by atoms with Crippen LogP contribution in [0.2, 0.25) is 0 Å². The van der Waals surface area contributed by atoms with Gasteiger partial charge in [0.2, 0.25) is 0 Å². The smallest absolute Gasteiger partial charge is 0.0794 e. The number of nitrogens with one attached hydrogen (secondary N) is 1. The van der Waals surface area contributed by atoms with Crippen molar-refractivity contribution in [3.05, 3.63) is 16.6 Å². The fourth-order valence-corrected chi connectivity index (χ4v) is 3.07. The SMILES string of the molecule is CC1CCNC(C(C)(C)C)CN1Cc1cncs1. The highest BCUT2D eigenvalue weighted by atomic mass is 32.1. The molecule has 1 aliphatic heterocycles. The first-order valence-electron chi connectivity index (χ1n) is 6.81. The summed E-state index contributed by atoms with van der Waals surface area (Å²) in [6.07, 6.45) is 3.23. The summed E-state index contributed by atoms with van der Waals surface area (Å²) in [5, 5.41) is 3.71. The predicted octanol–water partition coefficient (Wildman–Crippen LogP) is 2.74. The fourth-order valence-electron chi connectivity index (χ4n) is 2.45. The molecular weight excluding hydrogens is 242 g/mol. The van der Waals surface area contributed by atoms with Gasteiger partial charge in [0, 0.05) is 36.2 Å². The van der Waals surface area contributed by atoms with Crippen molar-refractivity contribution in [3.63, 3.8) is 0 Å². The van der Waals surface area contributed by atoms with Gasteiger partial charge < -0.3 is 5.32 Å². The quantitative estimate of drug-likeness (QED) is 0.893. The van der Waals surface area contributed by atoms with E-state index in [2.05, 4.69) is 42.9 Å². The summed E-state index contributed by atoms with van der Waals surface area (Å²) in [6, 6.07) is 1.21. The normalized spacial score (nSPS) is 27.1. The Hall–Kier alpha value is -0.450. The molecule has 1 saturated heterocycles. The number of hydrogen-bond acceptors (Lipinski definition) is 4. The highest BCUT2D eigenvalue weighted by molar-refractivity contribution is 7.09.